The van der Waals surface area contributed by atoms with Crippen LogP contribution < -0.4 is 5.32 Å². The van der Waals surface area contributed by atoms with Gasteiger partial charge in [-0.1, -0.05) is 12.1 Å². The summed E-state index contributed by atoms with van der Waals surface area (Å²) in [4.78, 5) is 11.1. The molecule has 0 aliphatic rings. The fraction of sp³-hybridized carbons (Fsp3) is 0.250. The van der Waals surface area contributed by atoms with Crippen LogP contribution in [0.5, 0.6) is 0 Å². The second-order valence-electron chi connectivity index (χ2n) is 3.52. The number of nitrogens with one attached hydrogen (secondary N) is 1. The second-order valence-corrected chi connectivity index (χ2v) is 3.52. The molecule has 1 amide bonds. The minimum Gasteiger partial charge on any atom is -0.356 e. The van der Waals surface area contributed by atoms with E-state index in [1.165, 1.54) is 25.3 Å². The number of benzene rings is 1. The van der Waals surface area contributed by atoms with Crippen molar-refractivity contribution < 1.29 is 18.0 Å². The average molecular weight is 243 g/mol. The van der Waals surface area contributed by atoms with Crippen molar-refractivity contribution in [2.24, 2.45) is 0 Å². The number of hydrogen-bond donors (Lipinski definition) is 1. The summed E-state index contributed by atoms with van der Waals surface area (Å²) >= 11 is 0. The molecule has 1 aromatic rings. The van der Waals surface area contributed by atoms with Gasteiger partial charge >= 0.3 is 6.18 Å². The van der Waals surface area contributed by atoms with Crippen molar-refractivity contribution in [2.45, 2.75) is 13.1 Å². The highest BCUT2D eigenvalue weighted by Crippen LogP contribution is 2.30. The Bertz CT molecular complexity index is 449. The maximum atomic E-state index is 12.5. The minimum absolute atomic E-state index is 0.347. The number of rotatable bonds is 2. The van der Waals surface area contributed by atoms with Gasteiger partial charge in [0.2, 0.25) is 5.91 Å². The van der Waals surface area contributed by atoms with Crippen LogP contribution >= 0.6 is 0 Å². The standard InChI is InChI=1S/C12H12F3NO/c1-8(6-11(17)16-2)9-4-3-5-10(7-9)12(13,14)15/h3-7H,1-2H3,(H,16,17)/b8-6-. The summed E-state index contributed by atoms with van der Waals surface area (Å²) in [5.41, 5.74) is 0.138. The third kappa shape index (κ3) is 3.62. The lowest BCUT2D eigenvalue weighted by molar-refractivity contribution is -0.137. The van der Waals surface area contributed by atoms with Crippen molar-refractivity contribution >= 4 is 11.5 Å². The second kappa shape index (κ2) is 5.03. The van der Waals surface area contributed by atoms with E-state index in [1.807, 2.05) is 0 Å². The van der Waals surface area contributed by atoms with Crippen LogP contribution in [0.1, 0.15) is 18.1 Å². The predicted octanol–water partition coefficient (Wildman–Crippen LogP) is 2.85. The first kappa shape index (κ1) is 13.3. The van der Waals surface area contributed by atoms with Crippen LogP contribution in [0.3, 0.4) is 0 Å². The number of carbonyl (C=O) groups is 1. The van der Waals surface area contributed by atoms with Gasteiger partial charge in [-0.25, -0.2) is 0 Å². The molecule has 5 heteroatoms. The zero-order chi connectivity index (χ0) is 13.1. The average Bonchev–Trinajstić information content (AvgIpc) is 2.28. The van der Waals surface area contributed by atoms with E-state index >= 15 is 0 Å². The van der Waals surface area contributed by atoms with Crippen molar-refractivity contribution in [3.8, 4) is 0 Å². The van der Waals surface area contributed by atoms with Gasteiger partial charge in [-0.05, 0) is 30.2 Å². The van der Waals surface area contributed by atoms with E-state index in [1.54, 1.807) is 6.92 Å². The van der Waals surface area contributed by atoms with Crippen LogP contribution in [0.2, 0.25) is 0 Å². The first-order chi connectivity index (χ1) is 7.84. The Hall–Kier alpha value is -1.78. The third-order valence-electron chi connectivity index (χ3n) is 2.24. The van der Waals surface area contributed by atoms with Gasteiger partial charge in [-0.15, -0.1) is 0 Å². The van der Waals surface area contributed by atoms with Crippen LogP contribution in [0.15, 0.2) is 30.3 Å². The summed E-state index contributed by atoms with van der Waals surface area (Å²) in [6.45, 7) is 1.59. The predicted molar refractivity (Wildman–Crippen MR) is 59.2 cm³/mol. The molecular formula is C12H12F3NO. The number of amides is 1. The van der Waals surface area contributed by atoms with Crippen LogP contribution in [-0.4, -0.2) is 13.0 Å². The molecule has 0 atom stereocenters. The van der Waals surface area contributed by atoms with E-state index in [4.69, 9.17) is 0 Å². The first-order valence-corrected chi connectivity index (χ1v) is 4.92. The van der Waals surface area contributed by atoms with Gasteiger partial charge < -0.3 is 5.32 Å². The number of hydrogen-bond acceptors (Lipinski definition) is 1. The SMILES string of the molecule is CNC(=O)/C=C(/C)c1cccc(C(F)(F)F)c1. The lowest BCUT2D eigenvalue weighted by Crippen LogP contribution is -2.14. The molecule has 1 aromatic carbocycles. The van der Waals surface area contributed by atoms with Gasteiger partial charge in [0.15, 0.2) is 0 Å². The van der Waals surface area contributed by atoms with Crippen molar-refractivity contribution in [1.29, 1.82) is 0 Å². The molecule has 0 fully saturated rings. The van der Waals surface area contributed by atoms with Gasteiger partial charge in [0.1, 0.15) is 0 Å². The molecule has 1 N–H and O–H groups in total. The molecule has 17 heavy (non-hydrogen) atoms. The van der Waals surface area contributed by atoms with Gasteiger partial charge in [-0.3, -0.25) is 4.79 Å². The van der Waals surface area contributed by atoms with E-state index < -0.39 is 11.7 Å². The summed E-state index contributed by atoms with van der Waals surface area (Å²) in [5.74, 6) is -0.347. The van der Waals surface area contributed by atoms with Crippen LogP contribution in [0.25, 0.3) is 5.57 Å². The largest absolute Gasteiger partial charge is 0.416 e. The fourth-order valence-corrected chi connectivity index (χ4v) is 1.29. The lowest BCUT2D eigenvalue weighted by Gasteiger charge is -2.08. The highest BCUT2D eigenvalue weighted by Gasteiger charge is 2.30. The number of alkyl halides is 3. The Balaban J connectivity index is 3.08. The quantitative estimate of drug-likeness (QED) is 0.795. The molecule has 2 nitrogen and oxygen atoms in total. The molecule has 0 saturated heterocycles. The zero-order valence-electron chi connectivity index (χ0n) is 9.43. The molecule has 0 aliphatic carbocycles. The van der Waals surface area contributed by atoms with E-state index in [0.29, 0.717) is 11.1 Å². The highest BCUT2D eigenvalue weighted by molar-refractivity contribution is 5.94. The summed E-state index contributed by atoms with van der Waals surface area (Å²) in [7, 11) is 1.46. The summed E-state index contributed by atoms with van der Waals surface area (Å²) in [6.07, 6.45) is -3.11. The van der Waals surface area contributed by atoms with E-state index in [-0.39, 0.29) is 5.91 Å². The Morgan fingerprint density at radius 1 is 1.35 bits per heavy atom. The molecule has 0 bridgehead atoms. The van der Waals surface area contributed by atoms with E-state index in [0.717, 1.165) is 12.1 Å². The van der Waals surface area contributed by atoms with Crippen molar-refractivity contribution in [1.82, 2.24) is 5.32 Å². The van der Waals surface area contributed by atoms with Crippen molar-refractivity contribution in [2.75, 3.05) is 7.05 Å². The normalized spacial score (nSPS) is 12.4. The van der Waals surface area contributed by atoms with Gasteiger partial charge in [0, 0.05) is 13.1 Å². The molecule has 0 heterocycles. The number of allylic oxidation sites excluding steroid dienone is 1. The third-order valence-corrected chi connectivity index (χ3v) is 2.24. The topological polar surface area (TPSA) is 29.1 Å². The minimum atomic E-state index is -4.37. The van der Waals surface area contributed by atoms with E-state index in [9.17, 15) is 18.0 Å². The molecule has 0 radical (unpaired) electrons. The Morgan fingerprint density at radius 3 is 2.53 bits per heavy atom. The molecule has 1 rings (SSSR count). The van der Waals surface area contributed by atoms with Gasteiger partial charge in [0.05, 0.1) is 5.56 Å². The fourth-order valence-electron chi connectivity index (χ4n) is 1.29. The first-order valence-electron chi connectivity index (χ1n) is 4.92. The van der Waals surface area contributed by atoms with Crippen LogP contribution in [-0.2, 0) is 11.0 Å². The van der Waals surface area contributed by atoms with Crippen LogP contribution in [0.4, 0.5) is 13.2 Å². The molecule has 92 valence electrons. The van der Waals surface area contributed by atoms with E-state index in [2.05, 4.69) is 5.32 Å². The number of likely N-dealkylation sites (N-methyl/N-ethyl adjacent to an activating group) is 1. The maximum Gasteiger partial charge on any atom is 0.416 e. The van der Waals surface area contributed by atoms with Gasteiger partial charge in [0.25, 0.3) is 0 Å². The molecule has 0 unspecified atom stereocenters. The lowest BCUT2D eigenvalue weighted by atomic mass is 10.0. The number of halogens is 3. The summed E-state index contributed by atoms with van der Waals surface area (Å²) in [6, 6.07) is 4.87. The molecule has 0 aliphatic heterocycles. The van der Waals surface area contributed by atoms with Gasteiger partial charge in [-0.2, -0.15) is 13.2 Å². The Labute approximate surface area is 97.1 Å². The monoisotopic (exact) mass is 243 g/mol. The molecule has 0 spiro atoms. The van der Waals surface area contributed by atoms with Crippen molar-refractivity contribution in [3.63, 3.8) is 0 Å². The maximum absolute atomic E-state index is 12.5. The number of carbonyl (C=O) groups excluding carboxylic acids is 1. The Morgan fingerprint density at radius 2 is 2.00 bits per heavy atom. The van der Waals surface area contributed by atoms with Crippen molar-refractivity contribution in [3.05, 3.63) is 41.5 Å². The molecule has 0 saturated carbocycles. The highest BCUT2D eigenvalue weighted by atomic mass is 19.4. The summed E-state index contributed by atoms with van der Waals surface area (Å²) in [5, 5.41) is 2.37. The summed E-state index contributed by atoms with van der Waals surface area (Å²) < 4.78 is 37.4. The molecule has 0 aromatic heterocycles. The Kier molecular flexibility index (Phi) is 3.93. The smallest absolute Gasteiger partial charge is 0.356 e. The van der Waals surface area contributed by atoms with Crippen LogP contribution in [0, 0.1) is 0 Å². The zero-order valence-corrected chi connectivity index (χ0v) is 9.43. The molecular weight excluding hydrogens is 231 g/mol.